The van der Waals surface area contributed by atoms with E-state index in [9.17, 15) is 62.6 Å². The minimum Gasteiger partial charge on any atom is -0.391 e. The van der Waals surface area contributed by atoms with E-state index in [0.717, 1.165) is 32.8 Å². The molecule has 3 fully saturated rings. The van der Waals surface area contributed by atoms with E-state index in [0.29, 0.717) is 44.0 Å². The third-order valence-corrected chi connectivity index (χ3v) is 20.0. The van der Waals surface area contributed by atoms with Crippen LogP contribution in [0.2, 0.25) is 0 Å². The van der Waals surface area contributed by atoms with Crippen LogP contribution in [0.4, 0.5) is 0 Å². The molecule has 8 amide bonds. The van der Waals surface area contributed by atoms with Gasteiger partial charge in [-0.05, 0) is 97.4 Å². The Kier molecular flexibility index (Phi) is 23.8. The van der Waals surface area contributed by atoms with Gasteiger partial charge in [-0.2, -0.15) is 0 Å². The number of nitrogens with zero attached hydrogens (tertiary/aromatic N) is 4. The molecular weight excluding hydrogens is 1270 g/mol. The summed E-state index contributed by atoms with van der Waals surface area (Å²) in [6.07, 6.45) is 2.59. The number of carbonyl (C=O) groups excluding carboxylic acids is 10. The molecule has 0 spiro atoms. The molecular formula is C70H85N10O14PS. The molecule has 26 heteroatoms. The maximum atomic E-state index is 15.1. The number of carbonyl (C=O) groups is 10. The number of thiazole rings is 1. The molecule has 10 N–H and O–H groups in total. The maximum absolute atomic E-state index is 15.1. The highest BCUT2D eigenvalue weighted by Gasteiger charge is 2.47. The van der Waals surface area contributed by atoms with Gasteiger partial charge in [0.1, 0.15) is 29.9 Å². The third kappa shape index (κ3) is 18.2. The molecule has 0 bridgehead atoms. The van der Waals surface area contributed by atoms with E-state index in [4.69, 9.17) is 5.73 Å². The van der Waals surface area contributed by atoms with Gasteiger partial charge >= 0.3 is 7.60 Å². The number of aromatic amines is 1. The first-order chi connectivity index (χ1) is 45.7. The molecule has 0 unspecified atom stereocenters. The average molecular weight is 1350 g/mol. The Labute approximate surface area is 561 Å². The fourth-order valence-electron chi connectivity index (χ4n) is 13.0. The number of β-amino-alcohol motifs (C(OH)–C–C–N with tert-alkyl or cyclic N) is 1. The molecule has 3 aliphatic heterocycles. The monoisotopic (exact) mass is 1350 g/mol. The predicted octanol–water partition coefficient (Wildman–Crippen LogP) is 6.69. The average Bonchev–Trinajstić information content (AvgIpc) is 1.60. The van der Waals surface area contributed by atoms with Crippen LogP contribution in [0.5, 0.6) is 0 Å². The molecule has 2 aromatic heterocycles. The van der Waals surface area contributed by atoms with E-state index < -0.39 is 102 Å². The summed E-state index contributed by atoms with van der Waals surface area (Å²) in [4.78, 5) is 170. The molecule has 96 heavy (non-hydrogen) atoms. The summed E-state index contributed by atoms with van der Waals surface area (Å²) >= 11 is 1.55. The van der Waals surface area contributed by atoms with Crippen LogP contribution < -0.4 is 27.0 Å². The summed E-state index contributed by atoms with van der Waals surface area (Å²) in [6.45, 7) is 7.42. The lowest BCUT2D eigenvalue weighted by molar-refractivity contribution is -0.145. The maximum Gasteiger partial charge on any atom is 0.396 e. The number of amides is 8. The number of Topliss-reactive ketones (excluding diaryl/α,β-unsaturated/α-hetero) is 1. The van der Waals surface area contributed by atoms with Crippen molar-refractivity contribution in [1.82, 2.24) is 45.9 Å². The highest BCUT2D eigenvalue weighted by atomic mass is 32.1. The van der Waals surface area contributed by atoms with Gasteiger partial charge in [0.15, 0.2) is 5.78 Å². The number of aliphatic hydroxyl groups excluding tert-OH is 1. The number of nitrogens with two attached hydrogens (primary N) is 1. The summed E-state index contributed by atoms with van der Waals surface area (Å²) in [6, 6.07) is 25.5. The second-order valence-electron chi connectivity index (χ2n) is 26.3. The number of hydrogen-bond acceptors (Lipinski definition) is 14. The number of likely N-dealkylation sites (tertiary alicyclic amines) is 1. The SMILES string of the molecule is Cc1ncsc1-c1ccc(CNC(=O)[C@@H]2C[C@@H](O)CN2C(=O)[C@@H](NC(=O)CCCCCCCC(=O)N2CC[C@H]3CC[C@@H](C(=O)N[C@@H](CCC(N)=O)C(=O)CC(c4ccccc4)c4ccccc4)N3C(=O)[C@@H](NC(=O)c3cc4cc(C(=O)P(=O)(O)O)ccc4[nH]3)C2)C(C)(C)C)cc1. The van der Waals surface area contributed by atoms with E-state index in [-0.39, 0.29) is 112 Å². The first kappa shape index (κ1) is 71.6. The van der Waals surface area contributed by atoms with Crippen molar-refractivity contribution in [3.63, 3.8) is 0 Å². The second kappa shape index (κ2) is 31.9. The summed E-state index contributed by atoms with van der Waals surface area (Å²) in [7, 11) is -5.14. The van der Waals surface area contributed by atoms with Crippen LogP contribution in [0.15, 0.2) is 115 Å². The normalized spacial score (nSPS) is 18.9. The lowest BCUT2D eigenvalue weighted by Crippen LogP contribution is -2.61. The standard InChI is InChI=1S/C70H85N10O14PS/c1-42-62(96-41-73-42)46-24-22-43(23-25-46)38-72-65(87)57-36-50(81)39-79(57)68(90)63(70(2,3)4)77-60(84)20-14-6-5-7-15-21-61(85)78-33-32-49-27-30-56(66(88)75-53(29-31-59(71)83)58(82)37-51(44-16-10-8-11-17-44)45-18-12-9-13-19-45)80(49)67(89)55(40-78)76-64(86)54-35-48-34-47(26-28-52(48)74-54)69(91)95(92,93)94/h8-13,16-19,22-26,28,34-35,41,49-51,53,55-57,63,74,81H,5-7,14-15,20-21,27,29-33,36-40H2,1-4H3,(H2,71,83)(H,72,87)(H,75,88)(H,76,86)(H,77,84)(H2,92,93,94)/t49-,50-,53+,55+,56+,57+,63-/m1/s1. The van der Waals surface area contributed by atoms with Gasteiger partial charge in [0.05, 0.1) is 28.2 Å². The number of ketones is 1. The Morgan fingerprint density at radius 3 is 2.08 bits per heavy atom. The molecule has 510 valence electrons. The zero-order chi connectivity index (χ0) is 69.0. The fourth-order valence-corrected chi connectivity index (χ4v) is 14.3. The van der Waals surface area contributed by atoms with Crippen LogP contribution >= 0.6 is 18.9 Å². The Morgan fingerprint density at radius 1 is 0.781 bits per heavy atom. The number of benzene rings is 4. The van der Waals surface area contributed by atoms with Crippen molar-refractivity contribution < 1.29 is 67.4 Å². The van der Waals surface area contributed by atoms with Crippen molar-refractivity contribution >= 4 is 88.4 Å². The number of primary amides is 1. The van der Waals surface area contributed by atoms with Crippen molar-refractivity contribution in [3.8, 4) is 10.4 Å². The van der Waals surface area contributed by atoms with E-state index in [1.54, 1.807) is 16.8 Å². The molecule has 0 aliphatic carbocycles. The molecule has 24 nitrogen and oxygen atoms in total. The van der Waals surface area contributed by atoms with Crippen molar-refractivity contribution in [1.29, 1.82) is 0 Å². The first-order valence-corrected chi connectivity index (χ1v) is 35.1. The van der Waals surface area contributed by atoms with Crippen LogP contribution in [-0.2, 0) is 49.5 Å². The Hall–Kier alpha value is -8.74. The summed E-state index contributed by atoms with van der Waals surface area (Å²) in [5, 5.41) is 22.5. The fraction of sp³-hybridized carbons (Fsp3) is 0.443. The molecule has 0 radical (unpaired) electrons. The molecule has 5 heterocycles. The van der Waals surface area contributed by atoms with Crippen molar-refractivity contribution in [2.24, 2.45) is 11.1 Å². The number of H-pyrrole nitrogens is 1. The smallest absolute Gasteiger partial charge is 0.391 e. The molecule has 4 aromatic carbocycles. The Morgan fingerprint density at radius 2 is 1.45 bits per heavy atom. The van der Waals surface area contributed by atoms with Crippen LogP contribution in [0.3, 0.4) is 0 Å². The van der Waals surface area contributed by atoms with E-state index in [1.165, 1.54) is 39.0 Å². The van der Waals surface area contributed by atoms with Crippen molar-refractivity contribution in [2.45, 2.75) is 172 Å². The van der Waals surface area contributed by atoms with Crippen molar-refractivity contribution in [3.05, 3.63) is 148 Å². The minimum atomic E-state index is -5.14. The Balaban J connectivity index is 0.810. The van der Waals surface area contributed by atoms with E-state index in [2.05, 4.69) is 31.2 Å². The zero-order valence-electron chi connectivity index (χ0n) is 54.4. The largest absolute Gasteiger partial charge is 0.396 e. The van der Waals surface area contributed by atoms with E-state index >= 15 is 4.79 Å². The predicted molar refractivity (Wildman–Crippen MR) is 359 cm³/mol. The third-order valence-electron chi connectivity index (χ3n) is 18.2. The van der Waals surface area contributed by atoms with Crippen LogP contribution in [0, 0.1) is 12.3 Å². The van der Waals surface area contributed by atoms with Gasteiger partial charge in [0.2, 0.25) is 41.4 Å². The number of nitrogens with one attached hydrogen (secondary N) is 5. The minimum absolute atomic E-state index is 0.0331. The van der Waals surface area contributed by atoms with Gasteiger partial charge in [0.25, 0.3) is 11.4 Å². The van der Waals surface area contributed by atoms with Crippen molar-refractivity contribution in [2.75, 3.05) is 19.6 Å². The van der Waals surface area contributed by atoms with Crippen LogP contribution in [0.1, 0.15) is 160 Å². The quantitative estimate of drug-likeness (QED) is 0.0182. The topological polar surface area (TPSA) is 361 Å². The van der Waals surface area contributed by atoms with Gasteiger partial charge in [-0.25, -0.2) is 4.98 Å². The summed E-state index contributed by atoms with van der Waals surface area (Å²) in [5.41, 5.74) is 9.71. The zero-order valence-corrected chi connectivity index (χ0v) is 56.1. The van der Waals surface area contributed by atoms with Crippen LogP contribution in [-0.4, -0.2) is 160 Å². The van der Waals surface area contributed by atoms with Gasteiger partial charge in [0, 0.05) is 86.7 Å². The highest BCUT2D eigenvalue weighted by Crippen LogP contribution is 2.40. The van der Waals surface area contributed by atoms with Crippen LogP contribution in [0.25, 0.3) is 21.3 Å². The number of rotatable bonds is 28. The van der Waals surface area contributed by atoms with Gasteiger partial charge in [-0.15, -0.1) is 11.3 Å². The van der Waals surface area contributed by atoms with Gasteiger partial charge in [-0.3, -0.25) is 52.5 Å². The highest BCUT2D eigenvalue weighted by molar-refractivity contribution is 7.70. The lowest BCUT2D eigenvalue weighted by atomic mass is 9.85. The Bertz CT molecular complexity index is 3830. The summed E-state index contributed by atoms with van der Waals surface area (Å²) < 4.78 is 11.8. The molecule has 9 rings (SSSR count). The number of unbranched alkanes of at least 4 members (excludes halogenated alkanes) is 4. The number of aromatic nitrogens is 2. The number of fused-ring (bicyclic) bond motifs is 2. The summed E-state index contributed by atoms with van der Waals surface area (Å²) in [5.74, 6) is -5.05. The second-order valence-corrected chi connectivity index (χ2v) is 28.7. The van der Waals surface area contributed by atoms with Gasteiger partial charge in [-0.1, -0.05) is 125 Å². The first-order valence-electron chi connectivity index (χ1n) is 32.6. The van der Waals surface area contributed by atoms with Gasteiger partial charge < -0.3 is 61.6 Å². The van der Waals surface area contributed by atoms with E-state index in [1.807, 2.05) is 113 Å². The number of aryl methyl sites for hydroxylation is 1. The number of aliphatic hydroxyl groups is 1. The number of hydrogen-bond donors (Lipinski definition) is 9. The lowest BCUT2D eigenvalue weighted by Gasteiger charge is -2.39. The molecule has 3 aliphatic rings. The molecule has 6 aromatic rings. The molecule has 7 atom stereocenters. The molecule has 3 saturated heterocycles. The molecule has 0 saturated carbocycles.